The van der Waals surface area contributed by atoms with Crippen molar-refractivity contribution in [3.8, 4) is 5.75 Å². The summed E-state index contributed by atoms with van der Waals surface area (Å²) in [4.78, 5) is 35.2. The summed E-state index contributed by atoms with van der Waals surface area (Å²) in [7, 11) is 1.36. The molecule has 10 heteroatoms. The molecule has 0 spiro atoms. The minimum Gasteiger partial charge on any atom is -0.495 e. The van der Waals surface area contributed by atoms with E-state index in [1.165, 1.54) is 26.2 Å². The summed E-state index contributed by atoms with van der Waals surface area (Å²) in [5, 5.41) is 17.2. The van der Waals surface area contributed by atoms with Crippen molar-refractivity contribution in [3.05, 3.63) is 45.3 Å². The minimum absolute atomic E-state index is 0.0913. The third-order valence-corrected chi connectivity index (χ3v) is 3.92. The van der Waals surface area contributed by atoms with Gasteiger partial charge in [-0.05, 0) is 19.9 Å². The minimum atomic E-state index is -1.18. The number of methoxy groups -OCH3 is 1. The van der Waals surface area contributed by atoms with Gasteiger partial charge >= 0.3 is 5.97 Å². The van der Waals surface area contributed by atoms with E-state index in [4.69, 9.17) is 14.0 Å². The Balaban J connectivity index is 2.16. The summed E-state index contributed by atoms with van der Waals surface area (Å²) in [5.41, 5.74) is 0.417. The molecule has 10 nitrogen and oxygen atoms in total. The van der Waals surface area contributed by atoms with Gasteiger partial charge in [0.1, 0.15) is 11.3 Å². The number of aryl methyl sites for hydroxylation is 1. The molecule has 1 aromatic carbocycles. The number of nitrogens with one attached hydrogen (secondary N) is 1. The van der Waals surface area contributed by atoms with Gasteiger partial charge in [0, 0.05) is 18.1 Å². The Bertz CT molecular complexity index is 905. The van der Waals surface area contributed by atoms with E-state index in [-0.39, 0.29) is 28.6 Å². The summed E-state index contributed by atoms with van der Waals surface area (Å²) in [6.07, 6.45) is -1.18. The molecule has 0 bridgehead atoms. The van der Waals surface area contributed by atoms with E-state index < -0.39 is 22.9 Å². The summed E-state index contributed by atoms with van der Waals surface area (Å²) in [6, 6.07) is 3.77. The maximum Gasteiger partial charge on any atom is 0.344 e. The molecule has 0 fully saturated rings. The first-order valence-electron chi connectivity index (χ1n) is 8.46. The Kier molecular flexibility index (Phi) is 6.34. The largest absolute Gasteiger partial charge is 0.495 e. The van der Waals surface area contributed by atoms with Crippen LogP contribution in [-0.4, -0.2) is 35.2 Å². The van der Waals surface area contributed by atoms with Gasteiger partial charge in [-0.3, -0.25) is 14.9 Å². The smallest absolute Gasteiger partial charge is 0.344 e. The van der Waals surface area contributed by atoms with Gasteiger partial charge in [-0.2, -0.15) is 0 Å². The molecule has 1 amide bonds. The van der Waals surface area contributed by atoms with Crippen molar-refractivity contribution in [2.24, 2.45) is 0 Å². The fraction of sp³-hybridized carbons (Fsp3) is 0.389. The molecule has 0 saturated carbocycles. The van der Waals surface area contributed by atoms with Crippen molar-refractivity contribution < 1.29 is 28.5 Å². The topological polar surface area (TPSA) is 134 Å². The van der Waals surface area contributed by atoms with Gasteiger partial charge < -0.3 is 19.3 Å². The van der Waals surface area contributed by atoms with Crippen molar-refractivity contribution in [1.29, 1.82) is 0 Å². The summed E-state index contributed by atoms with van der Waals surface area (Å²) in [5.74, 6) is -0.907. The fourth-order valence-corrected chi connectivity index (χ4v) is 2.44. The zero-order chi connectivity index (χ0) is 21.0. The highest BCUT2D eigenvalue weighted by Gasteiger charge is 2.27. The number of hydrogen-bond acceptors (Lipinski definition) is 8. The number of ether oxygens (including phenoxy) is 2. The number of carbonyl (C=O) groups is 2. The molecular formula is C18H21N3O7. The second-order valence-corrected chi connectivity index (χ2v) is 6.34. The first kappa shape index (κ1) is 20.9. The number of hydrogen-bond donors (Lipinski definition) is 1. The highest BCUT2D eigenvalue weighted by molar-refractivity contribution is 5.99. The molecule has 1 heterocycles. The fourth-order valence-electron chi connectivity index (χ4n) is 2.44. The van der Waals surface area contributed by atoms with Crippen molar-refractivity contribution in [2.75, 3.05) is 12.4 Å². The monoisotopic (exact) mass is 391 g/mol. The van der Waals surface area contributed by atoms with E-state index in [0.29, 0.717) is 11.5 Å². The van der Waals surface area contributed by atoms with Crippen LogP contribution in [0, 0.1) is 17.0 Å². The number of nitro groups is 1. The van der Waals surface area contributed by atoms with Gasteiger partial charge in [0.15, 0.2) is 11.9 Å². The number of amides is 1. The molecule has 1 aromatic heterocycles. The van der Waals surface area contributed by atoms with E-state index >= 15 is 0 Å². The van der Waals surface area contributed by atoms with E-state index in [1.807, 2.05) is 13.8 Å². The second-order valence-electron chi connectivity index (χ2n) is 6.34. The number of nitro benzene ring substituents is 1. The van der Waals surface area contributed by atoms with Crippen LogP contribution >= 0.6 is 0 Å². The zero-order valence-corrected chi connectivity index (χ0v) is 16.1. The molecule has 2 aromatic rings. The zero-order valence-electron chi connectivity index (χ0n) is 16.1. The Morgan fingerprint density at radius 3 is 2.54 bits per heavy atom. The molecule has 1 N–H and O–H groups in total. The first-order chi connectivity index (χ1) is 13.1. The molecule has 0 aliphatic carbocycles. The summed E-state index contributed by atoms with van der Waals surface area (Å²) >= 11 is 0. The van der Waals surface area contributed by atoms with Gasteiger partial charge in [0.05, 0.1) is 23.4 Å². The Morgan fingerprint density at radius 2 is 1.96 bits per heavy atom. The highest BCUT2D eigenvalue weighted by atomic mass is 16.6. The molecule has 0 radical (unpaired) electrons. The average Bonchev–Trinajstić information content (AvgIpc) is 3.03. The number of aromatic nitrogens is 1. The number of non-ortho nitro benzene ring substituents is 1. The highest BCUT2D eigenvalue weighted by Crippen LogP contribution is 2.29. The Labute approximate surface area is 160 Å². The van der Waals surface area contributed by atoms with Crippen molar-refractivity contribution in [2.45, 2.75) is 39.7 Å². The van der Waals surface area contributed by atoms with Crippen LogP contribution in [0.5, 0.6) is 5.75 Å². The lowest BCUT2D eigenvalue weighted by molar-refractivity contribution is -0.384. The molecular weight excluding hydrogens is 370 g/mol. The number of esters is 1. The maximum atomic E-state index is 12.5. The average molecular weight is 391 g/mol. The van der Waals surface area contributed by atoms with Crippen LogP contribution in [0.15, 0.2) is 22.7 Å². The van der Waals surface area contributed by atoms with Crippen LogP contribution in [0.2, 0.25) is 0 Å². The van der Waals surface area contributed by atoms with Gasteiger partial charge in [0.2, 0.25) is 0 Å². The molecule has 1 atom stereocenters. The van der Waals surface area contributed by atoms with Crippen LogP contribution in [0.3, 0.4) is 0 Å². The molecule has 0 aliphatic rings. The van der Waals surface area contributed by atoms with E-state index in [0.717, 1.165) is 6.07 Å². The van der Waals surface area contributed by atoms with Crippen LogP contribution in [0.4, 0.5) is 11.4 Å². The maximum absolute atomic E-state index is 12.5. The predicted molar refractivity (Wildman–Crippen MR) is 98.5 cm³/mol. The third-order valence-electron chi connectivity index (χ3n) is 3.92. The van der Waals surface area contributed by atoms with Gasteiger partial charge in [-0.1, -0.05) is 19.0 Å². The van der Waals surface area contributed by atoms with Crippen LogP contribution < -0.4 is 10.1 Å². The molecule has 0 saturated heterocycles. The van der Waals surface area contributed by atoms with E-state index in [9.17, 15) is 19.7 Å². The normalized spacial score (nSPS) is 11.8. The quantitative estimate of drug-likeness (QED) is 0.432. The number of nitrogens with zero attached hydrogens (tertiary/aromatic N) is 2. The first-order valence-corrected chi connectivity index (χ1v) is 8.46. The lowest BCUT2D eigenvalue weighted by Crippen LogP contribution is -2.30. The van der Waals surface area contributed by atoms with E-state index in [1.54, 1.807) is 6.92 Å². The van der Waals surface area contributed by atoms with Gasteiger partial charge in [-0.25, -0.2) is 4.79 Å². The lowest BCUT2D eigenvalue weighted by Gasteiger charge is -2.15. The second kappa shape index (κ2) is 8.51. The van der Waals surface area contributed by atoms with Crippen molar-refractivity contribution in [1.82, 2.24) is 5.16 Å². The van der Waals surface area contributed by atoms with Gasteiger partial charge in [0.25, 0.3) is 11.6 Å². The van der Waals surface area contributed by atoms with Gasteiger partial charge in [-0.15, -0.1) is 0 Å². The predicted octanol–water partition coefficient (Wildman–Crippen LogP) is 3.21. The van der Waals surface area contributed by atoms with Crippen LogP contribution in [-0.2, 0) is 9.53 Å². The number of benzene rings is 1. The molecule has 0 aliphatic heterocycles. The molecule has 2 rings (SSSR count). The molecule has 0 unspecified atom stereocenters. The number of carbonyl (C=O) groups excluding carboxylic acids is 2. The standard InChI is InChI=1S/C18H21N3O7/c1-9(2)16-15(10(3)20-28-16)18(23)27-11(4)17(22)19-13-8-12(21(24)25)6-7-14(13)26-5/h6-9,11H,1-5H3,(H,19,22)/t11-/m1/s1. The van der Waals surface area contributed by atoms with Crippen molar-refractivity contribution >= 4 is 23.3 Å². The van der Waals surface area contributed by atoms with E-state index in [2.05, 4.69) is 10.5 Å². The van der Waals surface area contributed by atoms with Crippen LogP contribution in [0.25, 0.3) is 0 Å². The summed E-state index contributed by atoms with van der Waals surface area (Å²) < 4.78 is 15.5. The van der Waals surface area contributed by atoms with Crippen LogP contribution in [0.1, 0.15) is 48.5 Å². The SMILES string of the molecule is COc1ccc([N+](=O)[O-])cc1NC(=O)[C@@H](C)OC(=O)c1c(C)noc1C(C)C. The molecule has 150 valence electrons. The summed E-state index contributed by atoms with van der Waals surface area (Å²) in [6.45, 7) is 6.66. The number of rotatable bonds is 7. The number of anilines is 1. The Hall–Kier alpha value is -3.43. The lowest BCUT2D eigenvalue weighted by atomic mass is 10.1. The molecule has 28 heavy (non-hydrogen) atoms. The van der Waals surface area contributed by atoms with Crippen molar-refractivity contribution in [3.63, 3.8) is 0 Å². The third kappa shape index (κ3) is 4.45. The Morgan fingerprint density at radius 1 is 1.29 bits per heavy atom.